The van der Waals surface area contributed by atoms with Crippen molar-refractivity contribution in [1.29, 1.82) is 0 Å². The van der Waals surface area contributed by atoms with Gasteiger partial charge in [-0.15, -0.1) is 11.3 Å². The van der Waals surface area contributed by atoms with Gasteiger partial charge in [-0.25, -0.2) is 9.97 Å². The molecule has 0 amide bonds. The lowest BCUT2D eigenvalue weighted by Gasteiger charge is -2.13. The topological polar surface area (TPSA) is 54.8 Å². The fourth-order valence-electron chi connectivity index (χ4n) is 2.83. The van der Waals surface area contributed by atoms with Crippen molar-refractivity contribution in [3.8, 4) is 11.3 Å². The molecule has 0 atom stereocenters. The molecule has 0 aliphatic heterocycles. The lowest BCUT2D eigenvalue weighted by molar-refractivity contribution is 0.913. The van der Waals surface area contributed by atoms with Crippen LogP contribution >= 0.6 is 23.3 Å². The van der Waals surface area contributed by atoms with Gasteiger partial charge in [0.15, 0.2) is 0 Å². The van der Waals surface area contributed by atoms with E-state index in [1.807, 2.05) is 36.7 Å². The Hall–Kier alpha value is -2.35. The largest absolute Gasteiger partial charge is 0.380 e. The summed E-state index contributed by atoms with van der Waals surface area (Å²) in [6.07, 6.45) is 3.86. The number of nitrogens with one attached hydrogen (secondary N) is 2. The predicted octanol–water partition coefficient (Wildman–Crippen LogP) is 4.54. The minimum absolute atomic E-state index is 0.742. The molecule has 2 heterocycles. The standard InChI is InChI=1S/C19H19N5S2/c1-20-26-14-4-5-16(15(8-14)18-10-24(2)11-22-18)21-9-13-3-6-19-17(7-13)23-12-25-19/h3-8,10-12,20-21H,9H2,1-2H3. The van der Waals surface area contributed by atoms with Gasteiger partial charge in [0.2, 0.25) is 0 Å². The van der Waals surface area contributed by atoms with Crippen LogP contribution in [0.25, 0.3) is 21.5 Å². The fourth-order valence-corrected chi connectivity index (χ4v) is 4.04. The van der Waals surface area contributed by atoms with E-state index in [0.717, 1.165) is 33.9 Å². The number of aryl methyl sites for hydroxylation is 1. The summed E-state index contributed by atoms with van der Waals surface area (Å²) in [5.74, 6) is 0. The van der Waals surface area contributed by atoms with Crippen LogP contribution in [0.3, 0.4) is 0 Å². The van der Waals surface area contributed by atoms with Crippen LogP contribution in [0.1, 0.15) is 5.56 Å². The molecule has 132 valence electrons. The second-order valence-corrected chi connectivity index (χ2v) is 7.92. The van der Waals surface area contributed by atoms with Gasteiger partial charge in [0.05, 0.1) is 27.7 Å². The Morgan fingerprint density at radius 1 is 1.15 bits per heavy atom. The summed E-state index contributed by atoms with van der Waals surface area (Å²) >= 11 is 3.27. The van der Waals surface area contributed by atoms with Crippen molar-refractivity contribution in [2.45, 2.75) is 11.4 Å². The molecular formula is C19H19N5S2. The van der Waals surface area contributed by atoms with E-state index in [9.17, 15) is 0 Å². The number of rotatable bonds is 6. The highest BCUT2D eigenvalue weighted by Gasteiger charge is 2.10. The maximum atomic E-state index is 4.52. The van der Waals surface area contributed by atoms with Crippen molar-refractivity contribution in [2.24, 2.45) is 7.05 Å². The molecule has 7 heteroatoms. The Morgan fingerprint density at radius 2 is 2.08 bits per heavy atom. The summed E-state index contributed by atoms with van der Waals surface area (Å²) in [6, 6.07) is 12.8. The Balaban J connectivity index is 1.62. The van der Waals surface area contributed by atoms with E-state index in [1.54, 1.807) is 23.3 Å². The second kappa shape index (κ2) is 7.49. The number of fused-ring (bicyclic) bond motifs is 1. The molecule has 0 saturated heterocycles. The lowest BCUT2D eigenvalue weighted by atomic mass is 10.1. The molecule has 4 rings (SSSR count). The molecule has 0 unspecified atom stereocenters. The molecule has 0 spiro atoms. The van der Waals surface area contributed by atoms with Gasteiger partial charge >= 0.3 is 0 Å². The molecule has 26 heavy (non-hydrogen) atoms. The molecule has 0 saturated carbocycles. The fraction of sp³-hybridized carbons (Fsp3) is 0.158. The summed E-state index contributed by atoms with van der Waals surface area (Å²) in [5, 5.41) is 3.56. The van der Waals surface area contributed by atoms with Crippen molar-refractivity contribution in [3.63, 3.8) is 0 Å². The van der Waals surface area contributed by atoms with Crippen LogP contribution in [-0.4, -0.2) is 21.6 Å². The van der Waals surface area contributed by atoms with Crippen molar-refractivity contribution in [1.82, 2.24) is 19.3 Å². The van der Waals surface area contributed by atoms with E-state index in [1.165, 1.54) is 10.3 Å². The van der Waals surface area contributed by atoms with Crippen LogP contribution in [0.4, 0.5) is 5.69 Å². The highest BCUT2D eigenvalue weighted by Crippen LogP contribution is 2.31. The first kappa shape index (κ1) is 17.1. The molecule has 0 radical (unpaired) electrons. The number of nitrogens with zero attached hydrogens (tertiary/aromatic N) is 3. The van der Waals surface area contributed by atoms with Crippen LogP contribution < -0.4 is 10.0 Å². The summed E-state index contributed by atoms with van der Waals surface area (Å²) in [7, 11) is 3.91. The minimum atomic E-state index is 0.742. The van der Waals surface area contributed by atoms with Crippen LogP contribution in [0.2, 0.25) is 0 Å². The quantitative estimate of drug-likeness (QED) is 0.481. The maximum absolute atomic E-state index is 4.52. The first-order valence-electron chi connectivity index (χ1n) is 8.25. The third-order valence-corrected chi connectivity index (χ3v) is 5.57. The van der Waals surface area contributed by atoms with Gasteiger partial charge < -0.3 is 9.88 Å². The van der Waals surface area contributed by atoms with E-state index < -0.39 is 0 Å². The average molecular weight is 382 g/mol. The van der Waals surface area contributed by atoms with Crippen molar-refractivity contribution >= 4 is 39.2 Å². The first-order valence-corrected chi connectivity index (χ1v) is 9.94. The van der Waals surface area contributed by atoms with Gasteiger partial charge in [0, 0.05) is 35.9 Å². The van der Waals surface area contributed by atoms with Gasteiger partial charge in [-0.1, -0.05) is 6.07 Å². The van der Waals surface area contributed by atoms with Crippen LogP contribution in [-0.2, 0) is 13.6 Å². The monoisotopic (exact) mass is 381 g/mol. The first-order chi connectivity index (χ1) is 12.7. The van der Waals surface area contributed by atoms with Gasteiger partial charge in [-0.05, 0) is 54.9 Å². The Morgan fingerprint density at radius 3 is 2.88 bits per heavy atom. The molecule has 0 aliphatic rings. The average Bonchev–Trinajstić information content (AvgIpc) is 3.29. The zero-order valence-corrected chi connectivity index (χ0v) is 16.2. The number of thiazole rings is 1. The number of aromatic nitrogens is 3. The minimum Gasteiger partial charge on any atom is -0.380 e. The van der Waals surface area contributed by atoms with E-state index in [0.29, 0.717) is 0 Å². The van der Waals surface area contributed by atoms with Gasteiger partial charge in [0.25, 0.3) is 0 Å². The zero-order chi connectivity index (χ0) is 17.9. The molecule has 2 aromatic heterocycles. The number of anilines is 1. The lowest BCUT2D eigenvalue weighted by Crippen LogP contribution is -2.02. The molecule has 4 aromatic rings. The molecule has 0 fully saturated rings. The van der Waals surface area contributed by atoms with Crippen molar-refractivity contribution < 1.29 is 0 Å². The summed E-state index contributed by atoms with van der Waals surface area (Å²) in [5.41, 5.74) is 7.29. The Kier molecular flexibility index (Phi) is 4.92. The molecule has 0 aliphatic carbocycles. The molecule has 2 aromatic carbocycles. The number of hydrogen-bond acceptors (Lipinski definition) is 6. The normalized spacial score (nSPS) is 11.2. The van der Waals surface area contributed by atoms with E-state index in [4.69, 9.17) is 0 Å². The Bertz CT molecular complexity index is 1040. The van der Waals surface area contributed by atoms with E-state index in [2.05, 4.69) is 56.4 Å². The highest BCUT2D eigenvalue weighted by molar-refractivity contribution is 7.97. The SMILES string of the molecule is CNSc1ccc(NCc2ccc3scnc3c2)c(-c2cn(C)cn2)c1. The van der Waals surface area contributed by atoms with Gasteiger partial charge in [-0.2, -0.15) is 0 Å². The van der Waals surface area contributed by atoms with Crippen LogP contribution in [0.5, 0.6) is 0 Å². The second-order valence-electron chi connectivity index (χ2n) is 5.95. The molecule has 5 nitrogen and oxygen atoms in total. The van der Waals surface area contributed by atoms with E-state index in [-0.39, 0.29) is 0 Å². The van der Waals surface area contributed by atoms with Crippen LogP contribution in [0.15, 0.2) is 59.3 Å². The van der Waals surface area contributed by atoms with Gasteiger partial charge in [-0.3, -0.25) is 4.72 Å². The maximum Gasteiger partial charge on any atom is 0.0951 e. The number of hydrogen-bond donors (Lipinski definition) is 2. The molecule has 0 bridgehead atoms. The highest BCUT2D eigenvalue weighted by atomic mass is 32.2. The van der Waals surface area contributed by atoms with E-state index >= 15 is 0 Å². The van der Waals surface area contributed by atoms with Crippen LogP contribution in [0, 0.1) is 0 Å². The number of benzene rings is 2. The molecular weight excluding hydrogens is 362 g/mol. The third kappa shape index (κ3) is 3.60. The smallest absolute Gasteiger partial charge is 0.0951 e. The Labute approximate surface area is 160 Å². The predicted molar refractivity (Wildman–Crippen MR) is 111 cm³/mol. The third-order valence-electron chi connectivity index (χ3n) is 4.07. The van der Waals surface area contributed by atoms with Crippen molar-refractivity contribution in [2.75, 3.05) is 12.4 Å². The molecule has 2 N–H and O–H groups in total. The summed E-state index contributed by atoms with van der Waals surface area (Å²) < 4.78 is 6.31. The van der Waals surface area contributed by atoms with Gasteiger partial charge in [0.1, 0.15) is 0 Å². The van der Waals surface area contributed by atoms with Crippen molar-refractivity contribution in [3.05, 3.63) is 60.0 Å². The summed E-state index contributed by atoms with van der Waals surface area (Å²) in [4.78, 5) is 10.1. The number of imidazole rings is 1. The summed E-state index contributed by atoms with van der Waals surface area (Å²) in [6.45, 7) is 0.742. The zero-order valence-electron chi connectivity index (χ0n) is 14.6.